The predicted octanol–water partition coefficient (Wildman–Crippen LogP) is 5.45. The van der Waals surface area contributed by atoms with Crippen LogP contribution < -0.4 is 10.1 Å². The van der Waals surface area contributed by atoms with Gasteiger partial charge in [0.25, 0.3) is 0 Å². The molecule has 0 amide bonds. The van der Waals surface area contributed by atoms with Crippen molar-refractivity contribution in [2.75, 3.05) is 7.11 Å². The van der Waals surface area contributed by atoms with E-state index in [-0.39, 0.29) is 0 Å². The third-order valence-electron chi connectivity index (χ3n) is 4.44. The largest absolute Gasteiger partial charge is 0.496 e. The number of methoxy groups -OCH3 is 1. The molecule has 0 radical (unpaired) electrons. The normalized spacial score (nSPS) is 12.0. The van der Waals surface area contributed by atoms with Crippen LogP contribution in [0.5, 0.6) is 5.75 Å². The summed E-state index contributed by atoms with van der Waals surface area (Å²) in [6.45, 7) is 8.69. The summed E-state index contributed by atoms with van der Waals surface area (Å²) in [5.41, 5.74) is 3.03. The molecule has 1 N–H and O–H groups in total. The van der Waals surface area contributed by atoms with E-state index in [0.717, 1.165) is 56.1 Å². The highest BCUT2D eigenvalue weighted by Crippen LogP contribution is 2.32. The number of ether oxygens (including phenoxy) is 1. The molecule has 0 bridgehead atoms. The lowest BCUT2D eigenvalue weighted by Crippen LogP contribution is -2.20. The minimum Gasteiger partial charge on any atom is -0.496 e. The molecule has 0 aliphatic rings. The SMILES string of the molecule is CCC/C=C/NC(=NCc1nnc(C)s1)c1cc(-c2ncc(C)s2)cc(OC)c1C. The smallest absolute Gasteiger partial charge is 0.139 e. The Kier molecular flexibility index (Phi) is 7.70. The molecule has 158 valence electrons. The maximum atomic E-state index is 5.67. The van der Waals surface area contributed by atoms with E-state index in [1.165, 1.54) is 4.88 Å². The Labute approximate surface area is 185 Å². The summed E-state index contributed by atoms with van der Waals surface area (Å²) in [6.07, 6.45) is 8.08. The van der Waals surface area contributed by atoms with Crippen LogP contribution in [0.4, 0.5) is 0 Å². The molecule has 0 fully saturated rings. The van der Waals surface area contributed by atoms with Crippen LogP contribution >= 0.6 is 22.7 Å². The number of aliphatic imine (C=N–C) groups is 1. The van der Waals surface area contributed by atoms with Gasteiger partial charge in [0.1, 0.15) is 26.6 Å². The third-order valence-corrected chi connectivity index (χ3v) is 6.22. The Balaban J connectivity index is 2.03. The molecule has 3 aromatic rings. The fraction of sp³-hybridized carbons (Fsp3) is 0.364. The van der Waals surface area contributed by atoms with Crippen LogP contribution in [0.25, 0.3) is 10.6 Å². The summed E-state index contributed by atoms with van der Waals surface area (Å²) in [7, 11) is 1.69. The second-order valence-corrected chi connectivity index (χ2v) is 9.34. The third kappa shape index (κ3) is 5.52. The first-order valence-corrected chi connectivity index (χ1v) is 11.5. The van der Waals surface area contributed by atoms with Gasteiger partial charge < -0.3 is 10.1 Å². The molecule has 2 aromatic heterocycles. The van der Waals surface area contributed by atoms with E-state index in [2.05, 4.69) is 46.5 Å². The Hall–Kier alpha value is -2.58. The molecule has 1 aromatic carbocycles. The van der Waals surface area contributed by atoms with Gasteiger partial charge in [0.05, 0.1) is 13.7 Å². The number of unbranched alkanes of at least 4 members (excludes halogenated alkanes) is 1. The zero-order valence-corrected chi connectivity index (χ0v) is 19.7. The van der Waals surface area contributed by atoms with Gasteiger partial charge in [-0.15, -0.1) is 21.5 Å². The minimum absolute atomic E-state index is 0.470. The van der Waals surface area contributed by atoms with Gasteiger partial charge in [-0.3, -0.25) is 4.99 Å². The Morgan fingerprint density at radius 3 is 2.67 bits per heavy atom. The summed E-state index contributed by atoms with van der Waals surface area (Å²) in [4.78, 5) is 10.6. The number of nitrogens with one attached hydrogen (secondary N) is 1. The van der Waals surface area contributed by atoms with Crippen molar-refractivity contribution in [3.05, 3.63) is 56.6 Å². The summed E-state index contributed by atoms with van der Waals surface area (Å²) in [5, 5.41) is 14.5. The number of thiazole rings is 1. The van der Waals surface area contributed by atoms with E-state index in [1.807, 2.05) is 32.3 Å². The van der Waals surface area contributed by atoms with Crippen molar-refractivity contribution in [2.24, 2.45) is 4.99 Å². The zero-order chi connectivity index (χ0) is 21.5. The molecular formula is C22H27N5OS2. The lowest BCUT2D eigenvalue weighted by Gasteiger charge is -2.15. The maximum Gasteiger partial charge on any atom is 0.139 e. The standard InChI is InChI=1S/C22H27N5OS2/c1-6-7-8-9-23-21(24-13-20-27-26-16(4)30-20)18-10-17(11-19(28-5)15(18)3)22-25-12-14(2)29-22/h8-12H,6-7,13H2,1-5H3,(H,23,24)/b9-8+. The molecule has 0 saturated heterocycles. The van der Waals surface area contributed by atoms with Gasteiger partial charge in [-0.05, 0) is 45.5 Å². The fourth-order valence-corrected chi connectivity index (χ4v) is 4.29. The van der Waals surface area contributed by atoms with Crippen molar-refractivity contribution in [3.8, 4) is 16.3 Å². The molecular weight excluding hydrogens is 414 g/mol. The number of allylic oxidation sites excluding steroid dienone is 1. The van der Waals surface area contributed by atoms with Crippen LogP contribution in [0.2, 0.25) is 0 Å². The second-order valence-electron chi connectivity index (χ2n) is 6.84. The molecule has 0 spiro atoms. The Morgan fingerprint density at radius 2 is 2.03 bits per heavy atom. The summed E-state index contributed by atoms with van der Waals surface area (Å²) in [6, 6.07) is 4.16. The molecule has 8 heteroatoms. The van der Waals surface area contributed by atoms with Crippen molar-refractivity contribution < 1.29 is 4.74 Å². The van der Waals surface area contributed by atoms with E-state index >= 15 is 0 Å². The van der Waals surface area contributed by atoms with E-state index in [0.29, 0.717) is 6.54 Å². The van der Waals surface area contributed by atoms with Crippen LogP contribution in [-0.4, -0.2) is 28.1 Å². The number of aryl methyl sites for hydroxylation is 2. The quantitative estimate of drug-likeness (QED) is 0.372. The average Bonchev–Trinajstić information content (AvgIpc) is 3.36. The Bertz CT molecular complexity index is 1050. The highest BCUT2D eigenvalue weighted by molar-refractivity contribution is 7.15. The number of hydrogen-bond donors (Lipinski definition) is 1. The first kappa shape index (κ1) is 22.1. The highest BCUT2D eigenvalue weighted by atomic mass is 32.1. The molecule has 30 heavy (non-hydrogen) atoms. The van der Waals surface area contributed by atoms with E-state index in [4.69, 9.17) is 9.73 Å². The number of benzene rings is 1. The number of aromatic nitrogens is 3. The number of nitrogens with zero attached hydrogens (tertiary/aromatic N) is 4. The minimum atomic E-state index is 0.470. The maximum absolute atomic E-state index is 5.67. The fourth-order valence-electron chi connectivity index (χ4n) is 2.90. The van der Waals surface area contributed by atoms with Gasteiger partial charge >= 0.3 is 0 Å². The molecule has 6 nitrogen and oxygen atoms in total. The van der Waals surface area contributed by atoms with Gasteiger partial charge in [0.15, 0.2) is 0 Å². The van der Waals surface area contributed by atoms with E-state index < -0.39 is 0 Å². The van der Waals surface area contributed by atoms with Gasteiger partial charge in [0, 0.05) is 27.8 Å². The van der Waals surface area contributed by atoms with Crippen LogP contribution in [0.15, 0.2) is 35.6 Å². The topological polar surface area (TPSA) is 72.3 Å². The molecule has 0 aliphatic heterocycles. The van der Waals surface area contributed by atoms with E-state index in [9.17, 15) is 0 Å². The van der Waals surface area contributed by atoms with E-state index in [1.54, 1.807) is 29.8 Å². The lowest BCUT2D eigenvalue weighted by atomic mass is 10.0. The van der Waals surface area contributed by atoms with Gasteiger partial charge in [-0.1, -0.05) is 30.8 Å². The summed E-state index contributed by atoms with van der Waals surface area (Å²) in [5.74, 6) is 1.59. The first-order chi connectivity index (χ1) is 14.5. The molecule has 3 rings (SSSR count). The molecule has 0 aliphatic carbocycles. The molecule has 0 unspecified atom stereocenters. The summed E-state index contributed by atoms with van der Waals surface area (Å²) >= 11 is 3.23. The number of hydrogen-bond acceptors (Lipinski definition) is 7. The Morgan fingerprint density at radius 1 is 1.20 bits per heavy atom. The average molecular weight is 442 g/mol. The van der Waals surface area contributed by atoms with Gasteiger partial charge in [-0.25, -0.2) is 4.98 Å². The van der Waals surface area contributed by atoms with Crippen molar-refractivity contribution in [3.63, 3.8) is 0 Å². The number of amidine groups is 1. The monoisotopic (exact) mass is 441 g/mol. The van der Waals surface area contributed by atoms with Crippen LogP contribution in [0, 0.1) is 20.8 Å². The predicted molar refractivity (Wildman–Crippen MR) is 126 cm³/mol. The second kappa shape index (κ2) is 10.4. The van der Waals surface area contributed by atoms with Gasteiger partial charge in [0.2, 0.25) is 0 Å². The van der Waals surface area contributed by atoms with Crippen LogP contribution in [-0.2, 0) is 6.54 Å². The van der Waals surface area contributed by atoms with Crippen molar-refractivity contribution >= 4 is 28.5 Å². The van der Waals surface area contributed by atoms with Gasteiger partial charge in [-0.2, -0.15) is 0 Å². The summed E-state index contributed by atoms with van der Waals surface area (Å²) < 4.78 is 5.67. The number of rotatable bonds is 8. The highest BCUT2D eigenvalue weighted by Gasteiger charge is 2.15. The lowest BCUT2D eigenvalue weighted by molar-refractivity contribution is 0.412. The van der Waals surface area contributed by atoms with Crippen LogP contribution in [0.1, 0.15) is 45.8 Å². The van der Waals surface area contributed by atoms with Crippen molar-refractivity contribution in [1.29, 1.82) is 0 Å². The molecule has 2 heterocycles. The van der Waals surface area contributed by atoms with Crippen molar-refractivity contribution in [2.45, 2.75) is 47.1 Å². The zero-order valence-electron chi connectivity index (χ0n) is 18.0. The van der Waals surface area contributed by atoms with Crippen LogP contribution in [0.3, 0.4) is 0 Å². The molecule has 0 atom stereocenters. The first-order valence-electron chi connectivity index (χ1n) is 9.88. The van der Waals surface area contributed by atoms with Crippen molar-refractivity contribution in [1.82, 2.24) is 20.5 Å². The molecule has 0 saturated carbocycles.